The Morgan fingerprint density at radius 3 is 2.86 bits per heavy atom. The Kier molecular flexibility index (Phi) is 3.79. The van der Waals surface area contributed by atoms with E-state index in [1.54, 1.807) is 23.1 Å². The molecule has 7 nitrogen and oxygen atoms in total. The number of nitrogens with zero attached hydrogens (tertiary/aromatic N) is 1. The standard InChI is InChI=1S/C15H18N2O5/c1-9(2)17-7-11(22-15(17)19)6-16-14(18)10-3-4-12-13(5-10)21-8-20-12/h3-5,9,11H,6-8H2,1-2H3,(H,16,18). The van der Waals surface area contributed by atoms with E-state index in [2.05, 4.69) is 5.32 Å². The van der Waals surface area contributed by atoms with Crippen LogP contribution in [-0.2, 0) is 4.74 Å². The lowest BCUT2D eigenvalue weighted by atomic mass is 10.2. The first kappa shape index (κ1) is 14.5. The zero-order valence-electron chi connectivity index (χ0n) is 12.5. The van der Waals surface area contributed by atoms with Gasteiger partial charge in [-0.1, -0.05) is 0 Å². The van der Waals surface area contributed by atoms with Crippen molar-refractivity contribution in [3.63, 3.8) is 0 Å². The third-order valence-electron chi connectivity index (χ3n) is 3.65. The molecule has 3 rings (SSSR count). The van der Waals surface area contributed by atoms with Crippen molar-refractivity contribution in [2.45, 2.75) is 26.0 Å². The maximum absolute atomic E-state index is 12.1. The lowest BCUT2D eigenvalue weighted by molar-refractivity contribution is 0.0913. The van der Waals surface area contributed by atoms with Gasteiger partial charge in [0.1, 0.15) is 6.10 Å². The molecule has 1 aromatic rings. The molecular formula is C15H18N2O5. The van der Waals surface area contributed by atoms with Gasteiger partial charge in [-0.3, -0.25) is 4.79 Å². The molecule has 2 amide bonds. The Morgan fingerprint density at radius 2 is 2.14 bits per heavy atom. The second-order valence-corrected chi connectivity index (χ2v) is 5.53. The van der Waals surface area contributed by atoms with Crippen LogP contribution in [0.1, 0.15) is 24.2 Å². The van der Waals surface area contributed by atoms with E-state index in [-0.39, 0.29) is 37.5 Å². The van der Waals surface area contributed by atoms with E-state index in [4.69, 9.17) is 14.2 Å². The van der Waals surface area contributed by atoms with Crippen LogP contribution >= 0.6 is 0 Å². The van der Waals surface area contributed by atoms with Gasteiger partial charge < -0.3 is 24.4 Å². The van der Waals surface area contributed by atoms with Gasteiger partial charge in [-0.25, -0.2) is 4.79 Å². The fraction of sp³-hybridized carbons (Fsp3) is 0.467. The van der Waals surface area contributed by atoms with E-state index < -0.39 is 0 Å². The Morgan fingerprint density at radius 1 is 1.36 bits per heavy atom. The first-order valence-corrected chi connectivity index (χ1v) is 7.19. The van der Waals surface area contributed by atoms with E-state index in [1.807, 2.05) is 13.8 Å². The van der Waals surface area contributed by atoms with Crippen molar-refractivity contribution in [2.75, 3.05) is 19.9 Å². The van der Waals surface area contributed by atoms with Crippen LogP contribution in [0, 0.1) is 0 Å². The third kappa shape index (κ3) is 2.79. The maximum Gasteiger partial charge on any atom is 0.410 e. The molecule has 1 saturated heterocycles. The van der Waals surface area contributed by atoms with Crippen LogP contribution in [0.15, 0.2) is 18.2 Å². The summed E-state index contributed by atoms with van der Waals surface area (Å²) in [5.74, 6) is 0.956. The highest BCUT2D eigenvalue weighted by atomic mass is 16.7. The zero-order valence-corrected chi connectivity index (χ0v) is 12.5. The van der Waals surface area contributed by atoms with Crippen molar-refractivity contribution in [1.82, 2.24) is 10.2 Å². The Bertz CT molecular complexity index is 602. The molecule has 22 heavy (non-hydrogen) atoms. The quantitative estimate of drug-likeness (QED) is 0.909. The van der Waals surface area contributed by atoms with Gasteiger partial charge in [-0.15, -0.1) is 0 Å². The number of carbonyl (C=O) groups is 2. The highest BCUT2D eigenvalue weighted by molar-refractivity contribution is 5.95. The number of carbonyl (C=O) groups excluding carboxylic acids is 2. The SMILES string of the molecule is CC(C)N1CC(CNC(=O)c2ccc3c(c2)OCO3)OC1=O. The van der Waals surface area contributed by atoms with Gasteiger partial charge in [0.15, 0.2) is 11.5 Å². The van der Waals surface area contributed by atoms with Crippen molar-refractivity contribution < 1.29 is 23.8 Å². The van der Waals surface area contributed by atoms with E-state index in [9.17, 15) is 9.59 Å². The lowest BCUT2D eigenvalue weighted by Gasteiger charge is -2.16. The van der Waals surface area contributed by atoms with Crippen LogP contribution in [0.3, 0.4) is 0 Å². The molecule has 0 bridgehead atoms. The summed E-state index contributed by atoms with van der Waals surface area (Å²) in [5, 5.41) is 2.77. The Balaban J connectivity index is 1.56. The predicted octanol–water partition coefficient (Wildman–Crippen LogP) is 1.37. The van der Waals surface area contributed by atoms with Crippen LogP contribution < -0.4 is 14.8 Å². The summed E-state index contributed by atoms with van der Waals surface area (Å²) in [6, 6.07) is 5.10. The first-order chi connectivity index (χ1) is 10.5. The molecule has 2 heterocycles. The number of nitrogens with one attached hydrogen (secondary N) is 1. The topological polar surface area (TPSA) is 77.1 Å². The second-order valence-electron chi connectivity index (χ2n) is 5.53. The predicted molar refractivity (Wildman–Crippen MR) is 77.0 cm³/mol. The number of hydrogen-bond acceptors (Lipinski definition) is 5. The summed E-state index contributed by atoms with van der Waals surface area (Å²) in [5.41, 5.74) is 0.481. The van der Waals surface area contributed by atoms with E-state index in [0.29, 0.717) is 23.6 Å². The van der Waals surface area contributed by atoms with E-state index in [1.165, 1.54) is 0 Å². The smallest absolute Gasteiger partial charge is 0.410 e. The summed E-state index contributed by atoms with van der Waals surface area (Å²) in [6.07, 6.45) is -0.662. The molecule has 0 aromatic heterocycles. The fourth-order valence-electron chi connectivity index (χ4n) is 2.42. The number of hydrogen-bond donors (Lipinski definition) is 1. The number of benzene rings is 1. The molecule has 1 N–H and O–H groups in total. The average molecular weight is 306 g/mol. The molecule has 0 radical (unpaired) electrons. The van der Waals surface area contributed by atoms with Gasteiger partial charge in [-0.2, -0.15) is 0 Å². The van der Waals surface area contributed by atoms with Gasteiger partial charge in [0, 0.05) is 11.6 Å². The minimum absolute atomic E-state index is 0.0852. The van der Waals surface area contributed by atoms with Gasteiger partial charge in [-0.05, 0) is 32.0 Å². The molecule has 0 saturated carbocycles. The van der Waals surface area contributed by atoms with Crippen molar-refractivity contribution in [3.05, 3.63) is 23.8 Å². The van der Waals surface area contributed by atoms with Crippen molar-refractivity contribution >= 4 is 12.0 Å². The molecule has 0 spiro atoms. The summed E-state index contributed by atoms with van der Waals surface area (Å²) in [6.45, 7) is 4.79. The van der Waals surface area contributed by atoms with Gasteiger partial charge in [0.25, 0.3) is 5.91 Å². The number of ether oxygens (including phenoxy) is 3. The Labute approximate surface area is 128 Å². The summed E-state index contributed by atoms with van der Waals surface area (Å²) in [7, 11) is 0. The van der Waals surface area contributed by atoms with Crippen LogP contribution in [0.2, 0.25) is 0 Å². The monoisotopic (exact) mass is 306 g/mol. The van der Waals surface area contributed by atoms with E-state index in [0.717, 1.165) is 0 Å². The summed E-state index contributed by atoms with van der Waals surface area (Å²) < 4.78 is 15.7. The third-order valence-corrected chi connectivity index (χ3v) is 3.65. The molecule has 1 unspecified atom stereocenters. The second kappa shape index (κ2) is 5.75. The van der Waals surface area contributed by atoms with Crippen LogP contribution in [0.4, 0.5) is 4.79 Å². The van der Waals surface area contributed by atoms with Gasteiger partial charge in [0.2, 0.25) is 6.79 Å². The molecular weight excluding hydrogens is 288 g/mol. The fourth-order valence-corrected chi connectivity index (χ4v) is 2.42. The average Bonchev–Trinajstić information content (AvgIpc) is 3.09. The zero-order chi connectivity index (χ0) is 15.7. The molecule has 7 heteroatoms. The number of amides is 2. The minimum Gasteiger partial charge on any atom is -0.454 e. The maximum atomic E-state index is 12.1. The summed E-state index contributed by atoms with van der Waals surface area (Å²) in [4.78, 5) is 25.4. The number of fused-ring (bicyclic) bond motifs is 1. The molecule has 1 atom stereocenters. The molecule has 2 aliphatic heterocycles. The minimum atomic E-state index is -0.336. The molecule has 2 aliphatic rings. The van der Waals surface area contributed by atoms with E-state index >= 15 is 0 Å². The van der Waals surface area contributed by atoms with Crippen LogP contribution in [-0.4, -0.2) is 48.9 Å². The number of cyclic esters (lactones) is 1. The van der Waals surface area contributed by atoms with Crippen molar-refractivity contribution in [1.29, 1.82) is 0 Å². The molecule has 1 aromatic carbocycles. The number of rotatable bonds is 4. The highest BCUT2D eigenvalue weighted by Crippen LogP contribution is 2.32. The van der Waals surface area contributed by atoms with Crippen molar-refractivity contribution in [3.8, 4) is 11.5 Å². The highest BCUT2D eigenvalue weighted by Gasteiger charge is 2.32. The Hall–Kier alpha value is -2.44. The first-order valence-electron chi connectivity index (χ1n) is 7.19. The van der Waals surface area contributed by atoms with Gasteiger partial charge in [0.05, 0.1) is 13.1 Å². The molecule has 0 aliphatic carbocycles. The lowest BCUT2D eigenvalue weighted by Crippen LogP contribution is -2.36. The van der Waals surface area contributed by atoms with Crippen molar-refractivity contribution in [2.24, 2.45) is 0 Å². The van der Waals surface area contributed by atoms with Gasteiger partial charge >= 0.3 is 6.09 Å². The van der Waals surface area contributed by atoms with Crippen LogP contribution in [0.5, 0.6) is 11.5 Å². The largest absolute Gasteiger partial charge is 0.454 e. The van der Waals surface area contributed by atoms with Crippen LogP contribution in [0.25, 0.3) is 0 Å². The normalized spacial score (nSPS) is 19.5. The molecule has 1 fully saturated rings. The molecule has 118 valence electrons. The summed E-state index contributed by atoms with van der Waals surface area (Å²) >= 11 is 0.